The molecule has 0 heterocycles. The molecule has 0 saturated heterocycles. The van der Waals surface area contributed by atoms with Crippen LogP contribution in [-0.2, 0) is 4.79 Å². The van der Waals surface area contributed by atoms with Crippen LogP contribution in [0, 0.1) is 0 Å². The van der Waals surface area contributed by atoms with Crippen LogP contribution in [-0.4, -0.2) is 57.3 Å². The van der Waals surface area contributed by atoms with Crippen LogP contribution in [0.3, 0.4) is 0 Å². The molecule has 4 atom stereocenters. The zero-order valence-corrected chi connectivity index (χ0v) is 33.9. The zero-order valence-electron chi connectivity index (χ0n) is 33.9. The van der Waals surface area contributed by atoms with Crippen molar-refractivity contribution >= 4 is 5.91 Å². The summed E-state index contributed by atoms with van der Waals surface area (Å²) < 4.78 is 0. The van der Waals surface area contributed by atoms with Crippen molar-refractivity contribution in [3.8, 4) is 0 Å². The van der Waals surface area contributed by atoms with Crippen LogP contribution < -0.4 is 5.32 Å². The average Bonchev–Trinajstić information content (AvgIpc) is 3.13. The molecule has 0 rings (SSSR count). The van der Waals surface area contributed by atoms with Gasteiger partial charge in [-0.3, -0.25) is 4.79 Å². The monoisotopic (exact) mass is 722 g/mol. The van der Waals surface area contributed by atoms with E-state index in [2.05, 4.69) is 43.5 Å². The van der Waals surface area contributed by atoms with Gasteiger partial charge in [-0.2, -0.15) is 0 Å². The summed E-state index contributed by atoms with van der Waals surface area (Å²) in [6, 6.07) is -1.00. The van der Waals surface area contributed by atoms with Crippen LogP contribution in [0.2, 0.25) is 0 Å². The van der Waals surface area contributed by atoms with E-state index in [0.29, 0.717) is 12.8 Å². The Labute approximate surface area is 316 Å². The van der Waals surface area contributed by atoms with Crippen molar-refractivity contribution in [1.82, 2.24) is 5.32 Å². The number of nitrogens with one attached hydrogen (secondary N) is 1. The molecule has 0 aromatic carbocycles. The molecule has 0 fully saturated rings. The van der Waals surface area contributed by atoms with Gasteiger partial charge in [-0.25, -0.2) is 0 Å². The lowest BCUT2D eigenvalue weighted by molar-refractivity contribution is -0.132. The van der Waals surface area contributed by atoms with E-state index in [9.17, 15) is 25.2 Å². The van der Waals surface area contributed by atoms with Gasteiger partial charge in [-0.05, 0) is 64.2 Å². The molecule has 51 heavy (non-hydrogen) atoms. The van der Waals surface area contributed by atoms with E-state index in [-0.39, 0.29) is 0 Å². The lowest BCUT2D eigenvalue weighted by atomic mass is 10.00. The SMILES string of the molecule is CCCCCC/C=C\CCCCCCCCC(O)C(=O)NC(CO)C(O)C(O)CCC/C=C/CCCCCCCCCCCCCCCCCC. The zero-order chi connectivity index (χ0) is 37.5. The van der Waals surface area contributed by atoms with Gasteiger partial charge in [0.15, 0.2) is 0 Å². The number of aliphatic hydroxyl groups excluding tert-OH is 4. The minimum Gasteiger partial charge on any atom is -0.394 e. The number of carbonyl (C=O) groups is 1. The Kier molecular flexibility index (Phi) is 39.0. The van der Waals surface area contributed by atoms with E-state index < -0.39 is 36.9 Å². The highest BCUT2D eigenvalue weighted by molar-refractivity contribution is 5.80. The second-order valence-electron chi connectivity index (χ2n) is 15.4. The van der Waals surface area contributed by atoms with Crippen LogP contribution >= 0.6 is 0 Å². The Balaban J connectivity index is 3.76. The summed E-state index contributed by atoms with van der Waals surface area (Å²) in [6.45, 7) is 4.03. The van der Waals surface area contributed by atoms with Gasteiger partial charge in [-0.1, -0.05) is 186 Å². The van der Waals surface area contributed by atoms with Crippen molar-refractivity contribution in [2.24, 2.45) is 0 Å². The maximum atomic E-state index is 12.5. The molecule has 5 N–H and O–H groups in total. The van der Waals surface area contributed by atoms with Crippen molar-refractivity contribution < 1.29 is 25.2 Å². The van der Waals surface area contributed by atoms with Gasteiger partial charge in [-0.15, -0.1) is 0 Å². The molecule has 0 saturated carbocycles. The van der Waals surface area contributed by atoms with Crippen molar-refractivity contribution in [1.29, 1.82) is 0 Å². The predicted octanol–water partition coefficient (Wildman–Crippen LogP) is 11.6. The van der Waals surface area contributed by atoms with Gasteiger partial charge in [0.2, 0.25) is 5.91 Å². The molecular weight excluding hydrogens is 634 g/mol. The summed E-state index contributed by atoms with van der Waals surface area (Å²) in [5.74, 6) is -0.598. The quantitative estimate of drug-likeness (QED) is 0.0320. The first-order chi connectivity index (χ1) is 25.0. The van der Waals surface area contributed by atoms with E-state index in [0.717, 1.165) is 44.9 Å². The third-order valence-electron chi connectivity index (χ3n) is 10.4. The summed E-state index contributed by atoms with van der Waals surface area (Å²) in [7, 11) is 0. The second kappa shape index (κ2) is 40.0. The van der Waals surface area contributed by atoms with Crippen molar-refractivity contribution in [3.63, 3.8) is 0 Å². The van der Waals surface area contributed by atoms with Gasteiger partial charge in [0.1, 0.15) is 12.2 Å². The Hall–Kier alpha value is -1.21. The summed E-state index contributed by atoms with van der Waals surface area (Å²) >= 11 is 0. The second-order valence-corrected chi connectivity index (χ2v) is 15.4. The Bertz CT molecular complexity index is 772. The molecule has 0 aromatic heterocycles. The molecule has 0 radical (unpaired) electrons. The molecule has 0 aliphatic heterocycles. The topological polar surface area (TPSA) is 110 Å². The van der Waals surface area contributed by atoms with Crippen LogP contribution in [0.5, 0.6) is 0 Å². The maximum absolute atomic E-state index is 12.5. The number of rotatable bonds is 40. The fourth-order valence-electron chi connectivity index (χ4n) is 6.81. The van der Waals surface area contributed by atoms with Gasteiger partial charge >= 0.3 is 0 Å². The largest absolute Gasteiger partial charge is 0.394 e. The molecule has 6 nitrogen and oxygen atoms in total. The van der Waals surface area contributed by atoms with E-state index in [1.807, 2.05) is 0 Å². The molecule has 0 aromatic rings. The normalized spacial score (nSPS) is 14.4. The third-order valence-corrected chi connectivity index (χ3v) is 10.4. The molecule has 1 amide bonds. The van der Waals surface area contributed by atoms with Crippen LogP contribution in [0.25, 0.3) is 0 Å². The number of hydrogen-bond donors (Lipinski definition) is 5. The molecule has 0 bridgehead atoms. The fraction of sp³-hybridized carbons (Fsp3) is 0.889. The molecule has 0 aliphatic carbocycles. The van der Waals surface area contributed by atoms with Crippen molar-refractivity contribution in [2.45, 2.75) is 250 Å². The van der Waals surface area contributed by atoms with Crippen molar-refractivity contribution in [2.75, 3.05) is 6.61 Å². The summed E-state index contributed by atoms with van der Waals surface area (Å²) in [5.41, 5.74) is 0. The van der Waals surface area contributed by atoms with Gasteiger partial charge in [0.05, 0.1) is 18.8 Å². The third kappa shape index (κ3) is 34.3. The standard InChI is InChI=1S/C45H87NO5/c1-3-5-7-9-11-13-15-17-19-20-21-22-23-24-25-27-28-30-32-34-36-38-42(48)44(50)41(40-47)46-45(51)43(49)39-37-35-33-31-29-26-18-16-14-12-10-8-6-4-2/h14,16,30,32,41-44,47-50H,3-13,15,17-29,31,33-40H2,1-2H3,(H,46,51)/b16-14-,32-30+. The maximum Gasteiger partial charge on any atom is 0.249 e. The highest BCUT2D eigenvalue weighted by Crippen LogP contribution is 2.16. The number of amides is 1. The smallest absolute Gasteiger partial charge is 0.249 e. The van der Waals surface area contributed by atoms with Gasteiger partial charge in [0.25, 0.3) is 0 Å². The van der Waals surface area contributed by atoms with Crippen molar-refractivity contribution in [3.05, 3.63) is 24.3 Å². The fourth-order valence-corrected chi connectivity index (χ4v) is 6.81. The molecule has 0 aliphatic rings. The van der Waals surface area contributed by atoms with E-state index >= 15 is 0 Å². The molecule has 302 valence electrons. The number of allylic oxidation sites excluding steroid dienone is 4. The molecule has 4 unspecified atom stereocenters. The Morgan fingerprint density at radius 1 is 0.471 bits per heavy atom. The number of carbonyl (C=O) groups excluding carboxylic acids is 1. The van der Waals surface area contributed by atoms with Crippen LogP contribution in [0.1, 0.15) is 226 Å². The summed E-state index contributed by atoms with van der Waals surface area (Å²) in [5, 5.41) is 43.6. The van der Waals surface area contributed by atoms with E-state index in [1.165, 1.54) is 154 Å². The first-order valence-corrected chi connectivity index (χ1v) is 22.2. The number of unbranched alkanes of at least 4 members (excludes halogenated alkanes) is 27. The highest BCUT2D eigenvalue weighted by atomic mass is 16.3. The highest BCUT2D eigenvalue weighted by Gasteiger charge is 2.28. The van der Waals surface area contributed by atoms with Gasteiger partial charge in [0, 0.05) is 0 Å². The van der Waals surface area contributed by atoms with E-state index in [4.69, 9.17) is 0 Å². The average molecular weight is 722 g/mol. The van der Waals surface area contributed by atoms with Crippen LogP contribution in [0.4, 0.5) is 0 Å². The van der Waals surface area contributed by atoms with Gasteiger partial charge < -0.3 is 25.7 Å². The Morgan fingerprint density at radius 3 is 1.20 bits per heavy atom. The molecular formula is C45H87NO5. The Morgan fingerprint density at radius 2 is 0.804 bits per heavy atom. The minimum atomic E-state index is -1.28. The molecule has 0 spiro atoms. The summed E-state index contributed by atoms with van der Waals surface area (Å²) in [6.07, 6.45) is 45.0. The molecule has 6 heteroatoms. The number of aliphatic hydroxyl groups is 4. The number of hydrogen-bond acceptors (Lipinski definition) is 5. The van der Waals surface area contributed by atoms with E-state index in [1.54, 1.807) is 0 Å². The lowest BCUT2D eigenvalue weighted by Crippen LogP contribution is -2.53. The predicted molar refractivity (Wildman–Crippen MR) is 219 cm³/mol. The lowest BCUT2D eigenvalue weighted by Gasteiger charge is -2.27. The first kappa shape index (κ1) is 49.8. The van der Waals surface area contributed by atoms with Crippen LogP contribution in [0.15, 0.2) is 24.3 Å². The summed E-state index contributed by atoms with van der Waals surface area (Å²) in [4.78, 5) is 12.5. The minimum absolute atomic E-state index is 0.356. The first-order valence-electron chi connectivity index (χ1n) is 22.2.